The van der Waals surface area contributed by atoms with Crippen LogP contribution in [0.5, 0.6) is 0 Å². The summed E-state index contributed by atoms with van der Waals surface area (Å²) < 4.78 is 5.90. The summed E-state index contributed by atoms with van der Waals surface area (Å²) in [6, 6.07) is 7.15. The molecule has 0 saturated carbocycles. The minimum atomic E-state index is 0.556. The van der Waals surface area contributed by atoms with E-state index in [4.69, 9.17) is 4.52 Å². The maximum Gasteiger partial charge on any atom is 0.213 e. The van der Waals surface area contributed by atoms with Gasteiger partial charge in [0, 0.05) is 23.5 Å². The van der Waals surface area contributed by atoms with Gasteiger partial charge in [0.1, 0.15) is 0 Å². The van der Waals surface area contributed by atoms with Crippen LogP contribution in [0.1, 0.15) is 23.4 Å². The maximum atomic E-state index is 4.72. The Morgan fingerprint density at radius 1 is 1.37 bits per heavy atom. The first kappa shape index (κ1) is 12.8. The van der Waals surface area contributed by atoms with Gasteiger partial charge in [0.2, 0.25) is 6.39 Å². The highest BCUT2D eigenvalue weighted by Crippen LogP contribution is 2.24. The molecule has 19 heavy (non-hydrogen) atoms. The SMILES string of the molecule is Brc1ccc2c(c1)CCC(NCCc1ncon1)C2. The van der Waals surface area contributed by atoms with E-state index in [-0.39, 0.29) is 0 Å². The fourth-order valence-electron chi connectivity index (χ4n) is 2.59. The molecule has 0 amide bonds. The van der Waals surface area contributed by atoms with Gasteiger partial charge in [-0.15, -0.1) is 0 Å². The number of nitrogens with one attached hydrogen (secondary N) is 1. The van der Waals surface area contributed by atoms with Crippen LogP contribution in [0.3, 0.4) is 0 Å². The third-order valence-corrected chi connectivity index (χ3v) is 4.08. The van der Waals surface area contributed by atoms with Crippen molar-refractivity contribution in [1.82, 2.24) is 15.5 Å². The van der Waals surface area contributed by atoms with E-state index in [0.717, 1.165) is 31.6 Å². The molecule has 1 aliphatic rings. The molecule has 0 saturated heterocycles. The second kappa shape index (κ2) is 5.84. The smallest absolute Gasteiger partial charge is 0.213 e. The topological polar surface area (TPSA) is 51.0 Å². The van der Waals surface area contributed by atoms with Gasteiger partial charge in [0.25, 0.3) is 0 Å². The Hall–Kier alpha value is -1.20. The summed E-state index contributed by atoms with van der Waals surface area (Å²) in [5.74, 6) is 0.771. The molecule has 1 aromatic carbocycles. The second-order valence-corrected chi connectivity index (χ2v) is 5.82. The molecule has 100 valence electrons. The molecule has 0 radical (unpaired) electrons. The number of halogens is 1. The summed E-state index contributed by atoms with van der Waals surface area (Å²) in [5, 5.41) is 7.40. The van der Waals surface area contributed by atoms with E-state index in [2.05, 4.69) is 49.6 Å². The summed E-state index contributed by atoms with van der Waals surface area (Å²) >= 11 is 3.53. The van der Waals surface area contributed by atoms with Crippen LogP contribution < -0.4 is 5.32 Å². The number of benzene rings is 1. The molecule has 1 heterocycles. The minimum absolute atomic E-state index is 0.556. The number of rotatable bonds is 4. The molecule has 1 atom stereocenters. The van der Waals surface area contributed by atoms with Gasteiger partial charge in [-0.25, -0.2) is 0 Å². The van der Waals surface area contributed by atoms with Crippen LogP contribution in [0, 0.1) is 0 Å². The fourth-order valence-corrected chi connectivity index (χ4v) is 3.00. The Balaban J connectivity index is 1.53. The van der Waals surface area contributed by atoms with Gasteiger partial charge in [-0.05, 0) is 42.5 Å². The number of hydrogen-bond donors (Lipinski definition) is 1. The van der Waals surface area contributed by atoms with Gasteiger partial charge in [0.05, 0.1) is 0 Å². The molecule has 1 aliphatic carbocycles. The van der Waals surface area contributed by atoms with Crippen LogP contribution in [-0.4, -0.2) is 22.7 Å². The molecule has 5 heteroatoms. The number of hydrogen-bond acceptors (Lipinski definition) is 4. The van der Waals surface area contributed by atoms with Gasteiger partial charge >= 0.3 is 0 Å². The number of fused-ring (bicyclic) bond motifs is 1. The average molecular weight is 322 g/mol. The molecule has 1 aromatic heterocycles. The Morgan fingerprint density at radius 3 is 3.16 bits per heavy atom. The van der Waals surface area contributed by atoms with E-state index in [1.807, 2.05) is 0 Å². The molecular formula is C14H16BrN3O. The first-order valence-corrected chi connectivity index (χ1v) is 7.36. The van der Waals surface area contributed by atoms with Gasteiger partial charge < -0.3 is 9.84 Å². The molecule has 3 rings (SSSR count). The van der Waals surface area contributed by atoms with Crippen molar-refractivity contribution in [2.45, 2.75) is 31.7 Å². The summed E-state index contributed by atoms with van der Waals surface area (Å²) in [6.45, 7) is 0.899. The number of aromatic nitrogens is 2. The van der Waals surface area contributed by atoms with Crippen molar-refractivity contribution in [2.75, 3.05) is 6.54 Å². The highest BCUT2D eigenvalue weighted by atomic mass is 79.9. The van der Waals surface area contributed by atoms with E-state index in [9.17, 15) is 0 Å². The lowest BCUT2D eigenvalue weighted by atomic mass is 9.88. The molecule has 0 spiro atoms. The van der Waals surface area contributed by atoms with Crippen LogP contribution >= 0.6 is 15.9 Å². The van der Waals surface area contributed by atoms with Crippen LogP contribution in [0.2, 0.25) is 0 Å². The van der Waals surface area contributed by atoms with E-state index in [1.54, 1.807) is 0 Å². The molecule has 2 aromatic rings. The molecule has 4 nitrogen and oxygen atoms in total. The molecule has 0 aliphatic heterocycles. The summed E-state index contributed by atoms with van der Waals surface area (Å²) in [5.41, 5.74) is 2.94. The Morgan fingerprint density at radius 2 is 2.32 bits per heavy atom. The Kier molecular flexibility index (Phi) is 3.94. The predicted octanol–water partition coefficient (Wildman–Crippen LogP) is 2.52. The van der Waals surface area contributed by atoms with Gasteiger partial charge in [-0.3, -0.25) is 0 Å². The molecular weight excluding hydrogens is 306 g/mol. The summed E-state index contributed by atoms with van der Waals surface area (Å²) in [6.07, 6.45) is 5.64. The predicted molar refractivity (Wildman–Crippen MR) is 76.0 cm³/mol. The highest BCUT2D eigenvalue weighted by Gasteiger charge is 2.18. The fraction of sp³-hybridized carbons (Fsp3) is 0.429. The zero-order valence-corrected chi connectivity index (χ0v) is 12.2. The van der Waals surface area contributed by atoms with Crippen molar-refractivity contribution >= 4 is 15.9 Å². The van der Waals surface area contributed by atoms with Crippen LogP contribution in [0.4, 0.5) is 0 Å². The van der Waals surface area contributed by atoms with Crippen LogP contribution in [-0.2, 0) is 19.3 Å². The third kappa shape index (κ3) is 3.22. The quantitative estimate of drug-likeness (QED) is 0.940. The Labute approximate surface area is 120 Å². The standard InChI is InChI=1S/C14H16BrN3O/c15-12-3-1-11-8-13(4-2-10(11)7-12)16-6-5-14-17-9-19-18-14/h1,3,7,9,13,16H,2,4-6,8H2. The van der Waals surface area contributed by atoms with Crippen LogP contribution in [0.15, 0.2) is 33.6 Å². The Bertz CT molecular complexity index is 542. The largest absolute Gasteiger partial charge is 0.343 e. The van der Waals surface area contributed by atoms with Gasteiger partial charge in [-0.2, -0.15) is 4.98 Å². The van der Waals surface area contributed by atoms with Crippen molar-refractivity contribution in [2.24, 2.45) is 0 Å². The lowest BCUT2D eigenvalue weighted by molar-refractivity contribution is 0.406. The normalized spacial score (nSPS) is 18.3. The molecule has 1 unspecified atom stereocenters. The maximum absolute atomic E-state index is 4.72. The summed E-state index contributed by atoms with van der Waals surface area (Å²) in [7, 11) is 0. The zero-order valence-electron chi connectivity index (χ0n) is 10.6. The van der Waals surface area contributed by atoms with E-state index in [1.165, 1.54) is 28.4 Å². The monoisotopic (exact) mass is 321 g/mol. The van der Waals surface area contributed by atoms with E-state index >= 15 is 0 Å². The minimum Gasteiger partial charge on any atom is -0.343 e. The van der Waals surface area contributed by atoms with Crippen molar-refractivity contribution in [3.05, 3.63) is 46.0 Å². The highest BCUT2D eigenvalue weighted by molar-refractivity contribution is 9.10. The third-order valence-electron chi connectivity index (χ3n) is 3.59. The first-order chi connectivity index (χ1) is 9.31. The lowest BCUT2D eigenvalue weighted by Gasteiger charge is -2.25. The molecule has 0 fully saturated rings. The van der Waals surface area contributed by atoms with Gasteiger partial charge in [-0.1, -0.05) is 27.2 Å². The molecule has 1 N–H and O–H groups in total. The zero-order chi connectivity index (χ0) is 13.1. The van der Waals surface area contributed by atoms with Crippen molar-refractivity contribution in [3.63, 3.8) is 0 Å². The van der Waals surface area contributed by atoms with Crippen LogP contribution in [0.25, 0.3) is 0 Å². The van der Waals surface area contributed by atoms with Crippen molar-refractivity contribution < 1.29 is 4.52 Å². The average Bonchev–Trinajstić information content (AvgIpc) is 2.92. The van der Waals surface area contributed by atoms with Crippen molar-refractivity contribution in [1.29, 1.82) is 0 Å². The lowest BCUT2D eigenvalue weighted by Crippen LogP contribution is -2.35. The number of nitrogens with zero attached hydrogens (tertiary/aromatic N) is 2. The first-order valence-electron chi connectivity index (χ1n) is 6.57. The number of aryl methyl sites for hydroxylation is 1. The molecule has 0 bridgehead atoms. The van der Waals surface area contributed by atoms with Gasteiger partial charge in [0.15, 0.2) is 5.82 Å². The second-order valence-electron chi connectivity index (χ2n) is 4.90. The van der Waals surface area contributed by atoms with E-state index in [0.29, 0.717) is 6.04 Å². The van der Waals surface area contributed by atoms with Crippen molar-refractivity contribution in [3.8, 4) is 0 Å². The van der Waals surface area contributed by atoms with E-state index < -0.39 is 0 Å². The summed E-state index contributed by atoms with van der Waals surface area (Å²) in [4.78, 5) is 4.02.